The Balaban J connectivity index is 1.75. The van der Waals surface area contributed by atoms with E-state index >= 15 is 0 Å². The summed E-state index contributed by atoms with van der Waals surface area (Å²) in [5.74, 6) is 0.0586. The van der Waals surface area contributed by atoms with Crippen LogP contribution in [-0.2, 0) is 15.4 Å². The molecule has 2 aliphatic heterocycles. The summed E-state index contributed by atoms with van der Waals surface area (Å²) in [6, 6.07) is 19.5. The van der Waals surface area contributed by atoms with Gasteiger partial charge >= 0.3 is 5.72 Å². The fraction of sp³-hybridized carbons (Fsp3) is 0.0476. The largest absolute Gasteiger partial charge is 0.349 e. The summed E-state index contributed by atoms with van der Waals surface area (Å²) in [6.07, 6.45) is 0. The Bertz CT molecular complexity index is 1200. The number of anilines is 2. The van der Waals surface area contributed by atoms with Gasteiger partial charge in [-0.3, -0.25) is 9.69 Å². The van der Waals surface area contributed by atoms with Crippen LogP contribution in [0.1, 0.15) is 11.1 Å². The van der Waals surface area contributed by atoms with Crippen LogP contribution in [0, 0.1) is 0 Å². The van der Waals surface area contributed by atoms with Gasteiger partial charge in [0.1, 0.15) is 0 Å². The monoisotopic (exact) mass is 443 g/mol. The Kier molecular flexibility index (Phi) is 4.21. The van der Waals surface area contributed by atoms with E-state index in [2.05, 4.69) is 10.5 Å². The maximum atomic E-state index is 13.2. The van der Waals surface area contributed by atoms with Crippen LogP contribution in [0.4, 0.5) is 11.4 Å². The van der Waals surface area contributed by atoms with Crippen LogP contribution in [-0.4, -0.2) is 11.7 Å². The van der Waals surface area contributed by atoms with Crippen LogP contribution in [0.25, 0.3) is 0 Å². The van der Waals surface area contributed by atoms with Gasteiger partial charge in [-0.25, -0.2) is 0 Å². The van der Waals surface area contributed by atoms with Crippen LogP contribution in [0.3, 0.4) is 0 Å². The average molecular weight is 445 g/mol. The number of fused-ring (bicyclic) bond motifs is 2. The predicted octanol–water partition coefficient (Wildman–Crippen LogP) is 5.65. The van der Waals surface area contributed by atoms with Crippen molar-refractivity contribution in [2.24, 2.45) is 5.16 Å². The fourth-order valence-electron chi connectivity index (χ4n) is 3.63. The molecule has 3 aromatic carbocycles. The van der Waals surface area contributed by atoms with Gasteiger partial charge in [-0.15, -0.1) is 0 Å². The Morgan fingerprint density at radius 2 is 1.62 bits per heavy atom. The summed E-state index contributed by atoms with van der Waals surface area (Å²) in [5.41, 5.74) is 0.989. The molecule has 0 saturated carbocycles. The molecule has 1 N–H and O–H groups in total. The molecule has 3 aromatic rings. The number of nitrogens with one attached hydrogen (secondary N) is 1. The Morgan fingerprint density at radius 3 is 2.38 bits per heavy atom. The number of nitrogens with zero attached hydrogens (tertiary/aromatic N) is 2. The zero-order chi connectivity index (χ0) is 20.2. The smallest absolute Gasteiger partial charge is 0.322 e. The highest BCUT2D eigenvalue weighted by atomic mass is 35.5. The molecule has 8 heteroatoms. The van der Waals surface area contributed by atoms with Crippen molar-refractivity contribution in [3.63, 3.8) is 0 Å². The summed E-state index contributed by atoms with van der Waals surface area (Å²) >= 11 is 18.6. The molecular formula is C21H12Cl3N3O2. The first kappa shape index (κ1) is 18.3. The lowest BCUT2D eigenvalue weighted by Crippen LogP contribution is -2.51. The molecule has 5 nitrogen and oxygen atoms in total. The van der Waals surface area contributed by atoms with E-state index in [9.17, 15) is 4.79 Å². The zero-order valence-corrected chi connectivity index (χ0v) is 17.0. The number of rotatable bonds is 2. The van der Waals surface area contributed by atoms with Gasteiger partial charge in [0.05, 0.1) is 11.3 Å². The van der Waals surface area contributed by atoms with Gasteiger partial charge in [-0.1, -0.05) is 58.2 Å². The summed E-state index contributed by atoms with van der Waals surface area (Å²) in [6.45, 7) is 0. The average Bonchev–Trinajstić information content (AvgIpc) is 3.21. The van der Waals surface area contributed by atoms with Gasteiger partial charge in [0.2, 0.25) is 0 Å². The van der Waals surface area contributed by atoms with Crippen molar-refractivity contribution in [1.82, 2.24) is 0 Å². The first-order valence-corrected chi connectivity index (χ1v) is 9.82. The first-order chi connectivity index (χ1) is 14.0. The van der Waals surface area contributed by atoms with Crippen LogP contribution in [0.15, 0.2) is 71.9 Å². The Morgan fingerprint density at radius 1 is 0.897 bits per heavy atom. The molecule has 0 fully saturated rings. The molecule has 0 bridgehead atoms. The normalized spacial score (nSPS) is 19.8. The molecule has 0 aromatic heterocycles. The number of hydrogen-bond donors (Lipinski definition) is 1. The van der Waals surface area contributed by atoms with E-state index in [1.165, 1.54) is 0 Å². The molecule has 1 spiro atoms. The Hall–Kier alpha value is -2.73. The lowest BCUT2D eigenvalue weighted by Gasteiger charge is -2.32. The molecule has 1 atom stereocenters. The molecule has 29 heavy (non-hydrogen) atoms. The van der Waals surface area contributed by atoms with Crippen molar-refractivity contribution in [2.75, 3.05) is 10.2 Å². The quantitative estimate of drug-likeness (QED) is 0.556. The number of amides is 1. The number of oxime groups is 1. The van der Waals surface area contributed by atoms with E-state index in [1.807, 2.05) is 18.2 Å². The molecule has 1 amide bonds. The SMILES string of the molecule is O=C1Nc2cc(Cl)ccc2[C@]12ON=C(c1cccc(Cl)c1)N2c1cccc(Cl)c1. The highest BCUT2D eigenvalue weighted by molar-refractivity contribution is 6.32. The minimum absolute atomic E-state index is 0.379. The number of halogens is 3. The predicted molar refractivity (Wildman–Crippen MR) is 115 cm³/mol. The van der Waals surface area contributed by atoms with Crippen LogP contribution in [0.2, 0.25) is 15.1 Å². The second-order valence-electron chi connectivity index (χ2n) is 6.62. The molecule has 2 heterocycles. The van der Waals surface area contributed by atoms with Gasteiger partial charge in [0, 0.05) is 26.3 Å². The summed E-state index contributed by atoms with van der Waals surface area (Å²) in [7, 11) is 0. The van der Waals surface area contributed by atoms with E-state index in [0.29, 0.717) is 43.4 Å². The number of benzene rings is 3. The summed E-state index contributed by atoms with van der Waals surface area (Å²) in [4.78, 5) is 20.8. The number of hydrogen-bond acceptors (Lipinski definition) is 4. The van der Waals surface area contributed by atoms with Gasteiger partial charge in [-0.05, 0) is 48.5 Å². The molecular weight excluding hydrogens is 433 g/mol. The van der Waals surface area contributed by atoms with Crippen molar-refractivity contribution in [3.05, 3.63) is 92.9 Å². The molecule has 0 aliphatic carbocycles. The van der Waals surface area contributed by atoms with E-state index < -0.39 is 5.72 Å². The number of carbonyl (C=O) groups excluding carboxylic acids is 1. The van der Waals surface area contributed by atoms with Gasteiger partial charge in [0.25, 0.3) is 5.91 Å². The third-order valence-electron chi connectivity index (χ3n) is 4.84. The molecule has 2 aliphatic rings. The van der Waals surface area contributed by atoms with Crippen LogP contribution < -0.4 is 10.2 Å². The van der Waals surface area contributed by atoms with E-state index in [4.69, 9.17) is 39.6 Å². The van der Waals surface area contributed by atoms with Crippen molar-refractivity contribution in [2.45, 2.75) is 5.72 Å². The van der Waals surface area contributed by atoms with Gasteiger partial charge in [-0.2, -0.15) is 0 Å². The third kappa shape index (κ3) is 2.77. The maximum absolute atomic E-state index is 13.2. The van der Waals surface area contributed by atoms with Crippen molar-refractivity contribution in [1.29, 1.82) is 0 Å². The molecule has 0 radical (unpaired) electrons. The second-order valence-corrected chi connectivity index (χ2v) is 7.93. The summed E-state index contributed by atoms with van der Waals surface area (Å²) < 4.78 is 0. The summed E-state index contributed by atoms with van der Waals surface area (Å²) in [5, 5.41) is 8.70. The van der Waals surface area contributed by atoms with Gasteiger partial charge < -0.3 is 10.2 Å². The second kappa shape index (κ2) is 6.66. The van der Waals surface area contributed by atoms with E-state index in [0.717, 1.165) is 0 Å². The van der Waals surface area contributed by atoms with Crippen molar-refractivity contribution >= 4 is 57.9 Å². The van der Waals surface area contributed by atoms with E-state index in [1.54, 1.807) is 53.4 Å². The van der Waals surface area contributed by atoms with Crippen LogP contribution >= 0.6 is 34.8 Å². The lowest BCUT2D eigenvalue weighted by atomic mass is 10.00. The maximum Gasteiger partial charge on any atom is 0.322 e. The lowest BCUT2D eigenvalue weighted by molar-refractivity contribution is -0.137. The zero-order valence-electron chi connectivity index (χ0n) is 14.7. The first-order valence-electron chi connectivity index (χ1n) is 8.68. The minimum atomic E-state index is -1.53. The highest BCUT2D eigenvalue weighted by Crippen LogP contribution is 2.48. The highest BCUT2D eigenvalue weighted by Gasteiger charge is 2.60. The number of carbonyl (C=O) groups is 1. The third-order valence-corrected chi connectivity index (χ3v) is 5.55. The molecule has 5 rings (SSSR count). The fourth-order valence-corrected chi connectivity index (χ4v) is 4.17. The van der Waals surface area contributed by atoms with Crippen molar-refractivity contribution in [3.8, 4) is 0 Å². The Labute approximate surface area is 181 Å². The minimum Gasteiger partial charge on any atom is -0.349 e. The van der Waals surface area contributed by atoms with Gasteiger partial charge in [0.15, 0.2) is 5.84 Å². The molecule has 0 saturated heterocycles. The van der Waals surface area contributed by atoms with Crippen LogP contribution in [0.5, 0.6) is 0 Å². The van der Waals surface area contributed by atoms with E-state index in [-0.39, 0.29) is 5.91 Å². The molecule has 144 valence electrons. The standard InChI is InChI=1S/C21H12Cl3N3O2/c22-13-4-1-3-12(9-13)19-26-29-21(27(19)16-6-2-5-14(23)10-16)17-8-7-15(24)11-18(17)25-20(21)28/h1-11H,(H,25,28)/t21-/m0/s1. The molecule has 0 unspecified atom stereocenters. The topological polar surface area (TPSA) is 53.9 Å². The van der Waals surface area contributed by atoms with Crippen molar-refractivity contribution < 1.29 is 9.63 Å². The number of amidine groups is 1.